The lowest BCUT2D eigenvalue weighted by atomic mass is 9.87. The van der Waals surface area contributed by atoms with Crippen LogP contribution in [-0.4, -0.2) is 55.7 Å². The van der Waals surface area contributed by atoms with Crippen molar-refractivity contribution in [2.75, 3.05) is 13.1 Å². The fourth-order valence-electron chi connectivity index (χ4n) is 3.82. The molecule has 7 nitrogen and oxygen atoms in total. The number of aromatic amines is 1. The first-order chi connectivity index (χ1) is 13.7. The number of aliphatic hydroxyl groups is 1. The number of piperidine rings is 1. The number of likely N-dealkylation sites (tertiary alicyclic amines) is 1. The Morgan fingerprint density at radius 3 is 2.54 bits per heavy atom. The number of carbonyl (C=O) groups is 1. The third-order valence-electron chi connectivity index (χ3n) is 5.40. The number of H-pyrrole nitrogens is 1. The Hall–Kier alpha value is -3.06. The van der Waals surface area contributed by atoms with Gasteiger partial charge >= 0.3 is 0 Å². The molecule has 4 rings (SSSR count). The first-order valence-corrected chi connectivity index (χ1v) is 9.56. The van der Waals surface area contributed by atoms with Crippen LogP contribution in [0.2, 0.25) is 0 Å². The number of aromatic nitrogens is 4. The van der Waals surface area contributed by atoms with E-state index in [1.807, 2.05) is 53.4 Å². The van der Waals surface area contributed by atoms with Gasteiger partial charge in [0, 0.05) is 18.7 Å². The molecule has 0 aliphatic carbocycles. The van der Waals surface area contributed by atoms with Gasteiger partial charge in [-0.15, -0.1) is 10.2 Å². The van der Waals surface area contributed by atoms with Crippen molar-refractivity contribution < 1.29 is 9.90 Å². The zero-order valence-electron chi connectivity index (χ0n) is 15.5. The van der Waals surface area contributed by atoms with Crippen LogP contribution in [0.5, 0.6) is 0 Å². The molecule has 28 heavy (non-hydrogen) atoms. The van der Waals surface area contributed by atoms with Gasteiger partial charge in [-0.1, -0.05) is 48.5 Å². The van der Waals surface area contributed by atoms with E-state index in [9.17, 15) is 9.90 Å². The molecule has 1 aliphatic rings. The van der Waals surface area contributed by atoms with Crippen LogP contribution < -0.4 is 0 Å². The van der Waals surface area contributed by atoms with E-state index in [4.69, 9.17) is 0 Å². The Morgan fingerprint density at radius 2 is 1.82 bits per heavy atom. The molecule has 0 bridgehead atoms. The maximum absolute atomic E-state index is 13.1. The van der Waals surface area contributed by atoms with Crippen LogP contribution in [0.25, 0.3) is 11.4 Å². The summed E-state index contributed by atoms with van der Waals surface area (Å²) >= 11 is 0. The number of nitrogens with one attached hydrogen (secondary N) is 1. The second-order valence-corrected chi connectivity index (χ2v) is 7.17. The minimum Gasteiger partial charge on any atom is -0.392 e. The van der Waals surface area contributed by atoms with Gasteiger partial charge in [0.05, 0.1) is 11.7 Å². The first-order valence-electron chi connectivity index (χ1n) is 9.56. The summed E-state index contributed by atoms with van der Waals surface area (Å²) in [6.07, 6.45) is 1.86. The van der Waals surface area contributed by atoms with Gasteiger partial charge in [0.15, 0.2) is 0 Å². The molecule has 1 unspecified atom stereocenters. The van der Waals surface area contributed by atoms with E-state index >= 15 is 0 Å². The highest BCUT2D eigenvalue weighted by molar-refractivity contribution is 6.00. The molecule has 1 fully saturated rings. The Balaban J connectivity index is 1.40. The summed E-state index contributed by atoms with van der Waals surface area (Å²) in [7, 11) is 0. The van der Waals surface area contributed by atoms with E-state index in [1.54, 1.807) is 6.07 Å². The van der Waals surface area contributed by atoms with Crippen molar-refractivity contribution in [2.24, 2.45) is 5.92 Å². The molecule has 0 spiro atoms. The molecule has 3 aromatic rings. The van der Waals surface area contributed by atoms with Gasteiger partial charge in [0.25, 0.3) is 5.91 Å². The van der Waals surface area contributed by atoms with Gasteiger partial charge in [-0.25, -0.2) is 0 Å². The molecule has 1 aliphatic heterocycles. The summed E-state index contributed by atoms with van der Waals surface area (Å²) in [4.78, 5) is 14.9. The number of aliphatic hydroxyl groups excluding tert-OH is 1. The highest BCUT2D eigenvalue weighted by Gasteiger charge is 2.29. The molecule has 1 aromatic heterocycles. The number of nitrogens with zero attached hydrogens (tertiary/aromatic N) is 4. The average molecular weight is 377 g/mol. The Kier molecular flexibility index (Phi) is 5.43. The lowest BCUT2D eigenvalue weighted by molar-refractivity contribution is 0.0468. The molecule has 0 saturated carbocycles. The molecule has 2 aromatic carbocycles. The molecule has 1 amide bonds. The average Bonchev–Trinajstić information content (AvgIpc) is 3.29. The van der Waals surface area contributed by atoms with Crippen LogP contribution in [0.4, 0.5) is 0 Å². The second kappa shape index (κ2) is 8.31. The lowest BCUT2D eigenvalue weighted by Crippen LogP contribution is -2.41. The monoisotopic (exact) mass is 377 g/mol. The number of carbonyl (C=O) groups excluding carboxylic acids is 1. The SMILES string of the molecule is O=C(c1ccccc1-c1nn[nH]n1)N1CCC(C(O)Cc2ccccc2)CC1. The van der Waals surface area contributed by atoms with Crippen molar-refractivity contribution >= 4 is 5.91 Å². The van der Waals surface area contributed by atoms with Gasteiger partial charge in [0.1, 0.15) is 0 Å². The van der Waals surface area contributed by atoms with Crippen LogP contribution in [0, 0.1) is 5.92 Å². The topological polar surface area (TPSA) is 95.0 Å². The fourth-order valence-corrected chi connectivity index (χ4v) is 3.82. The number of hydrogen-bond acceptors (Lipinski definition) is 5. The van der Waals surface area contributed by atoms with E-state index in [1.165, 1.54) is 0 Å². The van der Waals surface area contributed by atoms with Crippen LogP contribution in [0.1, 0.15) is 28.8 Å². The fraction of sp³-hybridized carbons (Fsp3) is 0.333. The summed E-state index contributed by atoms with van der Waals surface area (Å²) < 4.78 is 0. The third kappa shape index (κ3) is 3.94. The maximum atomic E-state index is 13.1. The Bertz CT molecular complexity index is 906. The summed E-state index contributed by atoms with van der Waals surface area (Å²) in [6.45, 7) is 1.27. The minimum absolute atomic E-state index is 0.0311. The van der Waals surface area contributed by atoms with E-state index < -0.39 is 0 Å². The molecular weight excluding hydrogens is 354 g/mol. The summed E-state index contributed by atoms with van der Waals surface area (Å²) in [6, 6.07) is 17.4. The van der Waals surface area contributed by atoms with Crippen molar-refractivity contribution in [3.63, 3.8) is 0 Å². The van der Waals surface area contributed by atoms with E-state index in [0.717, 1.165) is 18.4 Å². The number of benzene rings is 2. The maximum Gasteiger partial charge on any atom is 0.254 e. The molecule has 2 heterocycles. The normalized spacial score (nSPS) is 16.1. The number of amides is 1. The molecule has 0 radical (unpaired) electrons. The van der Waals surface area contributed by atoms with Gasteiger partial charge in [-0.2, -0.15) is 5.21 Å². The van der Waals surface area contributed by atoms with Crippen LogP contribution in [0.3, 0.4) is 0 Å². The molecule has 2 N–H and O–H groups in total. The highest BCUT2D eigenvalue weighted by atomic mass is 16.3. The lowest BCUT2D eigenvalue weighted by Gasteiger charge is -2.34. The Morgan fingerprint density at radius 1 is 1.11 bits per heavy atom. The van der Waals surface area contributed by atoms with E-state index in [-0.39, 0.29) is 17.9 Å². The quantitative estimate of drug-likeness (QED) is 0.712. The zero-order chi connectivity index (χ0) is 19.3. The van der Waals surface area contributed by atoms with Gasteiger partial charge in [-0.05, 0) is 42.0 Å². The van der Waals surface area contributed by atoms with Gasteiger partial charge < -0.3 is 10.0 Å². The Labute approximate surface area is 163 Å². The van der Waals surface area contributed by atoms with Crippen LogP contribution in [-0.2, 0) is 6.42 Å². The van der Waals surface area contributed by atoms with Crippen molar-refractivity contribution in [2.45, 2.75) is 25.4 Å². The molecular formula is C21H23N5O2. The number of tetrazole rings is 1. The molecule has 7 heteroatoms. The standard InChI is InChI=1S/C21H23N5O2/c27-19(14-15-6-2-1-3-7-15)16-10-12-26(13-11-16)21(28)18-9-5-4-8-17(18)20-22-24-25-23-20/h1-9,16,19,27H,10-14H2,(H,22,23,24,25). The predicted octanol–water partition coefficient (Wildman–Crippen LogP) is 2.32. The molecule has 1 saturated heterocycles. The smallest absolute Gasteiger partial charge is 0.254 e. The second-order valence-electron chi connectivity index (χ2n) is 7.17. The summed E-state index contributed by atoms with van der Waals surface area (Å²) in [5, 5.41) is 24.6. The zero-order valence-corrected chi connectivity index (χ0v) is 15.5. The van der Waals surface area contributed by atoms with Gasteiger partial charge in [0.2, 0.25) is 5.82 Å². The molecule has 144 valence electrons. The largest absolute Gasteiger partial charge is 0.392 e. The van der Waals surface area contributed by atoms with E-state index in [2.05, 4.69) is 20.6 Å². The summed E-state index contributed by atoms with van der Waals surface area (Å²) in [5.74, 6) is 0.588. The summed E-state index contributed by atoms with van der Waals surface area (Å²) in [5.41, 5.74) is 2.39. The van der Waals surface area contributed by atoms with Crippen molar-refractivity contribution in [1.82, 2.24) is 25.5 Å². The van der Waals surface area contributed by atoms with Crippen LogP contribution in [0.15, 0.2) is 54.6 Å². The number of hydrogen-bond donors (Lipinski definition) is 2. The van der Waals surface area contributed by atoms with Crippen molar-refractivity contribution in [3.8, 4) is 11.4 Å². The van der Waals surface area contributed by atoms with E-state index in [0.29, 0.717) is 36.5 Å². The van der Waals surface area contributed by atoms with Crippen molar-refractivity contribution in [3.05, 3.63) is 65.7 Å². The first kappa shape index (κ1) is 18.3. The highest BCUT2D eigenvalue weighted by Crippen LogP contribution is 2.26. The van der Waals surface area contributed by atoms with Crippen molar-refractivity contribution in [1.29, 1.82) is 0 Å². The molecule has 1 atom stereocenters. The van der Waals surface area contributed by atoms with Crippen LogP contribution >= 0.6 is 0 Å². The third-order valence-corrected chi connectivity index (χ3v) is 5.40. The number of rotatable bonds is 5. The van der Waals surface area contributed by atoms with Gasteiger partial charge in [-0.3, -0.25) is 4.79 Å². The predicted molar refractivity (Wildman–Crippen MR) is 104 cm³/mol. The minimum atomic E-state index is -0.383.